The Morgan fingerprint density at radius 1 is 1.25 bits per heavy atom. The normalized spacial score (nSPS) is 34.9. The van der Waals surface area contributed by atoms with Gasteiger partial charge in [-0.3, -0.25) is 0 Å². The third kappa shape index (κ3) is 2.46. The number of rotatable bonds is 2. The first-order valence-electron chi connectivity index (χ1n) is 6.36. The summed E-state index contributed by atoms with van der Waals surface area (Å²) in [4.78, 5) is 0. The fourth-order valence-corrected chi connectivity index (χ4v) is 2.90. The predicted molar refractivity (Wildman–Crippen MR) is 67.3 cm³/mol. The van der Waals surface area contributed by atoms with Gasteiger partial charge in [0.1, 0.15) is 0 Å². The molecule has 0 aromatic heterocycles. The number of hydrogen-bond acceptors (Lipinski definition) is 1. The first-order chi connectivity index (χ1) is 7.60. The molecule has 1 nitrogen and oxygen atoms in total. The molecular formula is C15H22O. The summed E-state index contributed by atoms with van der Waals surface area (Å²) in [7, 11) is 0. The van der Waals surface area contributed by atoms with E-state index in [2.05, 4.69) is 38.1 Å². The second-order valence-corrected chi connectivity index (χ2v) is 5.55. The van der Waals surface area contributed by atoms with Gasteiger partial charge < -0.3 is 5.11 Å². The van der Waals surface area contributed by atoms with E-state index in [9.17, 15) is 5.11 Å². The lowest BCUT2D eigenvalue weighted by Crippen LogP contribution is -2.43. The van der Waals surface area contributed by atoms with Crippen LogP contribution in [0.15, 0.2) is 30.3 Å². The molecule has 88 valence electrons. The quantitative estimate of drug-likeness (QED) is 0.806. The summed E-state index contributed by atoms with van der Waals surface area (Å²) in [5.74, 6) is 1.18. The van der Waals surface area contributed by atoms with Gasteiger partial charge in [0.25, 0.3) is 0 Å². The predicted octanol–water partition coefficient (Wildman–Crippen LogP) is 3.42. The summed E-state index contributed by atoms with van der Waals surface area (Å²) >= 11 is 0. The molecule has 1 heteroatoms. The zero-order valence-corrected chi connectivity index (χ0v) is 10.3. The Morgan fingerprint density at radius 3 is 2.56 bits per heavy atom. The zero-order chi connectivity index (χ0) is 11.6. The minimum Gasteiger partial charge on any atom is -0.389 e. The second kappa shape index (κ2) is 4.58. The van der Waals surface area contributed by atoms with Gasteiger partial charge in [0, 0.05) is 6.42 Å². The van der Waals surface area contributed by atoms with Crippen molar-refractivity contribution in [3.05, 3.63) is 35.9 Å². The van der Waals surface area contributed by atoms with Gasteiger partial charge >= 0.3 is 0 Å². The molecular weight excluding hydrogens is 196 g/mol. The highest BCUT2D eigenvalue weighted by molar-refractivity contribution is 5.17. The summed E-state index contributed by atoms with van der Waals surface area (Å²) in [6.07, 6.45) is 4.07. The van der Waals surface area contributed by atoms with Crippen molar-refractivity contribution in [1.82, 2.24) is 0 Å². The maximum atomic E-state index is 10.7. The van der Waals surface area contributed by atoms with Gasteiger partial charge in [-0.2, -0.15) is 0 Å². The van der Waals surface area contributed by atoms with E-state index in [1.807, 2.05) is 6.07 Å². The number of aliphatic hydroxyl groups is 1. The molecule has 1 aromatic rings. The molecule has 0 bridgehead atoms. The van der Waals surface area contributed by atoms with Crippen molar-refractivity contribution in [1.29, 1.82) is 0 Å². The van der Waals surface area contributed by atoms with Crippen molar-refractivity contribution in [2.45, 2.75) is 45.1 Å². The van der Waals surface area contributed by atoms with Gasteiger partial charge in [0.05, 0.1) is 5.60 Å². The molecule has 3 atom stereocenters. The van der Waals surface area contributed by atoms with E-state index < -0.39 is 5.60 Å². The SMILES string of the molecule is CC1CCC(O)(Cc2ccccc2)C(C)C1. The molecule has 0 radical (unpaired) electrons. The first-order valence-corrected chi connectivity index (χ1v) is 6.36. The van der Waals surface area contributed by atoms with Crippen LogP contribution in [0.4, 0.5) is 0 Å². The highest BCUT2D eigenvalue weighted by Gasteiger charge is 2.38. The molecule has 3 unspecified atom stereocenters. The lowest BCUT2D eigenvalue weighted by atomic mass is 9.70. The van der Waals surface area contributed by atoms with E-state index in [1.165, 1.54) is 5.56 Å². The summed E-state index contributed by atoms with van der Waals surface area (Å²) in [5.41, 5.74) is 0.778. The molecule has 0 spiro atoms. The Kier molecular flexibility index (Phi) is 3.34. The molecule has 2 rings (SSSR count). The molecule has 1 aromatic carbocycles. The van der Waals surface area contributed by atoms with Crippen LogP contribution in [0.3, 0.4) is 0 Å². The Morgan fingerprint density at radius 2 is 1.94 bits per heavy atom. The summed E-state index contributed by atoms with van der Waals surface area (Å²) in [6, 6.07) is 10.4. The van der Waals surface area contributed by atoms with Gasteiger partial charge in [0.2, 0.25) is 0 Å². The molecule has 0 heterocycles. The van der Waals surface area contributed by atoms with Crippen LogP contribution in [0.25, 0.3) is 0 Å². The Hall–Kier alpha value is -0.820. The second-order valence-electron chi connectivity index (χ2n) is 5.55. The van der Waals surface area contributed by atoms with Crippen LogP contribution in [0.5, 0.6) is 0 Å². The van der Waals surface area contributed by atoms with Gasteiger partial charge in [0.15, 0.2) is 0 Å². The topological polar surface area (TPSA) is 20.2 Å². The van der Waals surface area contributed by atoms with E-state index in [0.717, 1.165) is 31.6 Å². The fourth-order valence-electron chi connectivity index (χ4n) is 2.90. The van der Waals surface area contributed by atoms with Crippen molar-refractivity contribution in [3.63, 3.8) is 0 Å². The highest BCUT2D eigenvalue weighted by Crippen LogP contribution is 2.38. The average molecular weight is 218 g/mol. The number of benzene rings is 1. The smallest absolute Gasteiger partial charge is 0.0713 e. The van der Waals surface area contributed by atoms with Gasteiger partial charge in [-0.1, -0.05) is 44.2 Å². The van der Waals surface area contributed by atoms with Crippen LogP contribution in [0, 0.1) is 11.8 Å². The van der Waals surface area contributed by atoms with E-state index in [0.29, 0.717) is 5.92 Å². The Balaban J connectivity index is 2.08. The maximum Gasteiger partial charge on any atom is 0.0713 e. The van der Waals surface area contributed by atoms with Crippen LogP contribution in [-0.2, 0) is 6.42 Å². The summed E-state index contributed by atoms with van der Waals surface area (Å²) in [6.45, 7) is 4.48. The van der Waals surface area contributed by atoms with Crippen LogP contribution < -0.4 is 0 Å². The summed E-state index contributed by atoms with van der Waals surface area (Å²) < 4.78 is 0. The zero-order valence-electron chi connectivity index (χ0n) is 10.3. The Bertz CT molecular complexity index is 333. The van der Waals surface area contributed by atoms with Gasteiger partial charge in [-0.25, -0.2) is 0 Å². The third-order valence-electron chi connectivity index (χ3n) is 4.10. The van der Waals surface area contributed by atoms with Gasteiger partial charge in [-0.05, 0) is 36.7 Å². The van der Waals surface area contributed by atoms with Crippen molar-refractivity contribution < 1.29 is 5.11 Å². The van der Waals surface area contributed by atoms with Gasteiger partial charge in [-0.15, -0.1) is 0 Å². The maximum absolute atomic E-state index is 10.7. The van der Waals surface area contributed by atoms with E-state index >= 15 is 0 Å². The molecule has 1 N–H and O–H groups in total. The van der Waals surface area contributed by atoms with Crippen molar-refractivity contribution in [3.8, 4) is 0 Å². The molecule has 0 amide bonds. The molecule has 0 aliphatic heterocycles. The van der Waals surface area contributed by atoms with Crippen molar-refractivity contribution >= 4 is 0 Å². The minimum atomic E-state index is -0.478. The lowest BCUT2D eigenvalue weighted by molar-refractivity contribution is -0.0522. The minimum absolute atomic E-state index is 0.413. The highest BCUT2D eigenvalue weighted by atomic mass is 16.3. The van der Waals surface area contributed by atoms with E-state index in [-0.39, 0.29) is 0 Å². The lowest BCUT2D eigenvalue weighted by Gasteiger charge is -2.41. The number of hydrogen-bond donors (Lipinski definition) is 1. The molecule has 0 saturated heterocycles. The average Bonchev–Trinajstić information content (AvgIpc) is 2.26. The molecule has 1 aliphatic carbocycles. The monoisotopic (exact) mass is 218 g/mol. The standard InChI is InChI=1S/C15H22O/c1-12-8-9-15(16,13(2)10-12)11-14-6-4-3-5-7-14/h3-7,12-13,16H,8-11H2,1-2H3. The third-order valence-corrected chi connectivity index (χ3v) is 4.10. The largest absolute Gasteiger partial charge is 0.389 e. The molecule has 1 saturated carbocycles. The van der Waals surface area contributed by atoms with Crippen LogP contribution in [-0.4, -0.2) is 10.7 Å². The first kappa shape index (κ1) is 11.7. The Labute approximate surface area is 98.5 Å². The van der Waals surface area contributed by atoms with Crippen LogP contribution in [0.2, 0.25) is 0 Å². The molecule has 16 heavy (non-hydrogen) atoms. The van der Waals surface area contributed by atoms with Crippen molar-refractivity contribution in [2.24, 2.45) is 11.8 Å². The van der Waals surface area contributed by atoms with Crippen molar-refractivity contribution in [2.75, 3.05) is 0 Å². The van der Waals surface area contributed by atoms with Crippen LogP contribution >= 0.6 is 0 Å². The van der Waals surface area contributed by atoms with E-state index in [1.54, 1.807) is 0 Å². The summed E-state index contributed by atoms with van der Waals surface area (Å²) in [5, 5.41) is 10.7. The van der Waals surface area contributed by atoms with Crippen LogP contribution in [0.1, 0.15) is 38.7 Å². The fraction of sp³-hybridized carbons (Fsp3) is 0.600. The molecule has 1 aliphatic rings. The van der Waals surface area contributed by atoms with E-state index in [4.69, 9.17) is 0 Å². The molecule has 1 fully saturated rings.